The molecule has 260 valence electrons. The number of pyridine rings is 1. The lowest BCUT2D eigenvalue weighted by Crippen LogP contribution is -2.41. The highest BCUT2D eigenvalue weighted by Gasteiger charge is 2.52. The molecular formula is C46H37BBrNO2S2. The summed E-state index contributed by atoms with van der Waals surface area (Å²) in [4.78, 5) is 8.05. The van der Waals surface area contributed by atoms with E-state index in [9.17, 15) is 0 Å². The molecule has 0 amide bonds. The lowest BCUT2D eigenvalue weighted by atomic mass is 9.75. The minimum Gasteiger partial charge on any atom is -0.399 e. The van der Waals surface area contributed by atoms with Gasteiger partial charge in [0, 0.05) is 46.4 Å². The van der Waals surface area contributed by atoms with Crippen LogP contribution in [-0.2, 0) is 14.1 Å². The number of benzene rings is 5. The van der Waals surface area contributed by atoms with Gasteiger partial charge in [-0.15, -0.1) is 23.1 Å². The fourth-order valence-corrected chi connectivity index (χ4v) is 11.6. The Labute approximate surface area is 327 Å². The zero-order valence-corrected chi connectivity index (χ0v) is 33.5. The number of aromatic nitrogens is 1. The lowest BCUT2D eigenvalue weighted by Gasteiger charge is -2.44. The molecule has 3 nitrogen and oxygen atoms in total. The van der Waals surface area contributed by atoms with Crippen LogP contribution in [0.4, 0.5) is 0 Å². The maximum absolute atomic E-state index is 6.63. The van der Waals surface area contributed by atoms with Crippen molar-refractivity contribution in [3.05, 3.63) is 135 Å². The van der Waals surface area contributed by atoms with Gasteiger partial charge in [0.2, 0.25) is 0 Å². The Morgan fingerprint density at radius 3 is 2.21 bits per heavy atom. The van der Waals surface area contributed by atoms with Crippen LogP contribution < -0.4 is 5.46 Å². The topological polar surface area (TPSA) is 31.4 Å². The van der Waals surface area contributed by atoms with Crippen LogP contribution in [0, 0.1) is 0 Å². The molecule has 2 aromatic heterocycles. The summed E-state index contributed by atoms with van der Waals surface area (Å²) in [5, 5.41) is 5.07. The first-order valence-electron chi connectivity index (χ1n) is 18.2. The van der Waals surface area contributed by atoms with Crippen molar-refractivity contribution in [3.8, 4) is 22.4 Å². The van der Waals surface area contributed by atoms with Gasteiger partial charge in [-0.25, -0.2) is 4.98 Å². The number of thioether (sulfide) groups is 1. The highest BCUT2D eigenvalue weighted by molar-refractivity contribution is 9.10. The minimum absolute atomic E-state index is 0.424. The maximum atomic E-state index is 6.63. The molecule has 0 spiro atoms. The number of fused-ring (bicyclic) bond motifs is 8. The van der Waals surface area contributed by atoms with Crippen molar-refractivity contribution in [3.63, 3.8) is 0 Å². The molecule has 53 heavy (non-hydrogen) atoms. The van der Waals surface area contributed by atoms with Crippen LogP contribution in [0.25, 0.3) is 66.3 Å². The molecule has 5 aromatic carbocycles. The zero-order valence-electron chi connectivity index (χ0n) is 30.3. The van der Waals surface area contributed by atoms with Gasteiger partial charge in [-0.3, -0.25) is 0 Å². The first-order chi connectivity index (χ1) is 25.5. The molecule has 4 heterocycles. The number of thiophene rings is 1. The standard InChI is InChI=1S/C46H37BBrNO2S2/c1-44(2)45(3,4)51-47(50-44)29-17-13-15-27(25-29)37-38-34-22-7-6-8-24-36(34)52-42(38)32-20-10-9-19-31(32)39(37)46(5)40-41(28-16-14-18-30(48)26-28)49-35-23-12-11-21-33(35)43(40)53-46/h7-26H,6H2,1-5H3/t46-/m1/s1. The van der Waals surface area contributed by atoms with Gasteiger partial charge in [-0.05, 0) is 98.2 Å². The molecule has 0 radical (unpaired) electrons. The third-order valence-electron chi connectivity index (χ3n) is 11.6. The molecule has 0 N–H and O–H groups in total. The number of nitrogens with zero attached hydrogens (tertiary/aromatic N) is 1. The summed E-state index contributed by atoms with van der Waals surface area (Å²) in [5.74, 6) is 0. The third kappa shape index (κ3) is 5.04. The largest absolute Gasteiger partial charge is 0.494 e. The summed E-state index contributed by atoms with van der Waals surface area (Å²) in [7, 11) is -0.463. The second-order valence-corrected chi connectivity index (χ2v) is 18.9. The average Bonchev–Trinajstić information content (AvgIpc) is 3.49. The normalized spacial score (nSPS) is 19.8. The molecule has 10 rings (SSSR count). The fraction of sp³-hybridized carbons (Fsp3) is 0.196. The number of hydrogen-bond donors (Lipinski definition) is 0. The molecule has 1 saturated heterocycles. The number of halogens is 1. The van der Waals surface area contributed by atoms with Crippen LogP contribution in [0.5, 0.6) is 0 Å². The summed E-state index contributed by atoms with van der Waals surface area (Å²) < 4.78 is 15.2. The van der Waals surface area contributed by atoms with Gasteiger partial charge in [0.1, 0.15) is 0 Å². The smallest absolute Gasteiger partial charge is 0.399 e. The van der Waals surface area contributed by atoms with E-state index in [1.807, 2.05) is 23.1 Å². The van der Waals surface area contributed by atoms with Crippen LogP contribution in [0.3, 0.4) is 0 Å². The van der Waals surface area contributed by atoms with Gasteiger partial charge in [0.25, 0.3) is 0 Å². The van der Waals surface area contributed by atoms with Crippen LogP contribution in [-0.4, -0.2) is 23.3 Å². The Morgan fingerprint density at radius 2 is 1.42 bits per heavy atom. The summed E-state index contributed by atoms with van der Waals surface area (Å²) in [5.41, 5.74) is 9.65. The Morgan fingerprint density at radius 1 is 0.717 bits per heavy atom. The molecule has 1 fully saturated rings. The van der Waals surface area contributed by atoms with E-state index in [2.05, 4.69) is 172 Å². The molecule has 0 saturated carbocycles. The van der Waals surface area contributed by atoms with Crippen molar-refractivity contribution >= 4 is 95.5 Å². The van der Waals surface area contributed by atoms with Gasteiger partial charge < -0.3 is 9.31 Å². The molecule has 1 atom stereocenters. The van der Waals surface area contributed by atoms with Gasteiger partial charge in [-0.2, -0.15) is 0 Å². The summed E-state index contributed by atoms with van der Waals surface area (Å²) in [6.45, 7) is 10.9. The van der Waals surface area contributed by atoms with Crippen LogP contribution in [0.1, 0.15) is 62.6 Å². The van der Waals surface area contributed by atoms with Gasteiger partial charge in [0.05, 0.1) is 27.2 Å². The predicted molar refractivity (Wildman–Crippen MR) is 230 cm³/mol. The first-order valence-corrected chi connectivity index (χ1v) is 20.7. The highest BCUT2D eigenvalue weighted by atomic mass is 79.9. The van der Waals surface area contributed by atoms with E-state index >= 15 is 0 Å². The van der Waals surface area contributed by atoms with E-state index in [4.69, 9.17) is 14.3 Å². The van der Waals surface area contributed by atoms with Gasteiger partial charge in [-0.1, -0.05) is 113 Å². The number of allylic oxidation sites excluding steroid dienone is 2. The average molecular weight is 791 g/mol. The Bertz CT molecular complexity index is 2730. The SMILES string of the molecule is CC1(C)OB(c2cccc(-c3c([C@@]4(C)Sc5c4c(-c4cccc(Br)c4)nc4ccccc54)c4ccccc4c4sc5c(c34)C=CCC=C5)c2)OC1(C)C. The van der Waals surface area contributed by atoms with Crippen molar-refractivity contribution in [2.45, 2.75) is 61.9 Å². The molecule has 0 bridgehead atoms. The summed E-state index contributed by atoms with van der Waals surface area (Å²) in [6.07, 6.45) is 10.2. The van der Waals surface area contributed by atoms with Crippen molar-refractivity contribution < 1.29 is 9.31 Å². The van der Waals surface area contributed by atoms with E-state index in [0.29, 0.717) is 0 Å². The minimum atomic E-state index is -0.463. The first kappa shape index (κ1) is 33.6. The van der Waals surface area contributed by atoms with Gasteiger partial charge >= 0.3 is 7.12 Å². The molecule has 2 aliphatic heterocycles. The van der Waals surface area contributed by atoms with E-state index in [0.717, 1.165) is 33.1 Å². The van der Waals surface area contributed by atoms with Crippen LogP contribution >= 0.6 is 39.0 Å². The highest BCUT2D eigenvalue weighted by Crippen LogP contribution is 2.66. The summed E-state index contributed by atoms with van der Waals surface area (Å²) in [6, 6.07) is 35.1. The van der Waals surface area contributed by atoms with E-state index < -0.39 is 23.1 Å². The van der Waals surface area contributed by atoms with Crippen molar-refractivity contribution in [1.82, 2.24) is 4.98 Å². The lowest BCUT2D eigenvalue weighted by molar-refractivity contribution is 0.00578. The van der Waals surface area contributed by atoms with E-state index in [1.54, 1.807) is 0 Å². The third-order valence-corrected chi connectivity index (χ3v) is 14.8. The zero-order chi connectivity index (χ0) is 36.3. The number of para-hydroxylation sites is 1. The predicted octanol–water partition coefficient (Wildman–Crippen LogP) is 12.8. The van der Waals surface area contributed by atoms with Crippen LogP contribution in [0.2, 0.25) is 0 Å². The molecule has 7 aromatic rings. The molecule has 0 unspecified atom stereocenters. The second-order valence-electron chi connectivity index (χ2n) is 15.5. The molecular weight excluding hydrogens is 753 g/mol. The molecule has 1 aliphatic carbocycles. The van der Waals surface area contributed by atoms with E-state index in [-0.39, 0.29) is 0 Å². The summed E-state index contributed by atoms with van der Waals surface area (Å²) >= 11 is 7.64. The van der Waals surface area contributed by atoms with Gasteiger partial charge in [0.15, 0.2) is 0 Å². The molecule has 7 heteroatoms. The Balaban J connectivity index is 1.32. The fourth-order valence-electron chi connectivity index (χ4n) is 8.35. The van der Waals surface area contributed by atoms with Crippen LogP contribution in [0.15, 0.2) is 119 Å². The monoisotopic (exact) mass is 789 g/mol. The second kappa shape index (κ2) is 12.0. The van der Waals surface area contributed by atoms with Crippen molar-refractivity contribution in [2.24, 2.45) is 0 Å². The van der Waals surface area contributed by atoms with E-state index in [1.165, 1.54) is 63.8 Å². The quantitative estimate of drug-likeness (QED) is 0.166. The van der Waals surface area contributed by atoms with Crippen molar-refractivity contribution in [2.75, 3.05) is 0 Å². The van der Waals surface area contributed by atoms with Crippen molar-refractivity contribution in [1.29, 1.82) is 0 Å². The maximum Gasteiger partial charge on any atom is 0.494 e. The molecule has 3 aliphatic rings. The number of hydrogen-bond acceptors (Lipinski definition) is 5. The number of rotatable bonds is 4. The Hall–Kier alpha value is -3.98. The Kier molecular flexibility index (Phi) is 7.61.